The standard InChI is InChI=1S/C30H22ClN3O4/c1-37-26-17-15-25(16-18-26)34-29(23-11-13-24(31)14-12-23)32-28(33-34)30(36)38-19-27(35)22-9-7-21(8-10-22)20-5-3-2-4-6-20/h2-18H,19H2,1H3. The summed E-state index contributed by atoms with van der Waals surface area (Å²) in [6.07, 6.45) is 0. The SMILES string of the molecule is COc1ccc(-n2nc(C(=O)OCC(=O)c3ccc(-c4ccccc4)cc3)nc2-c2ccc(Cl)cc2)cc1. The van der Waals surface area contributed by atoms with Gasteiger partial charge in [0, 0.05) is 16.1 Å². The Morgan fingerprint density at radius 2 is 1.42 bits per heavy atom. The van der Waals surface area contributed by atoms with Crippen molar-refractivity contribution in [2.45, 2.75) is 0 Å². The molecule has 0 bridgehead atoms. The van der Waals surface area contributed by atoms with E-state index in [4.69, 9.17) is 21.1 Å². The second-order valence-corrected chi connectivity index (χ2v) is 8.75. The van der Waals surface area contributed by atoms with E-state index in [1.807, 2.05) is 42.5 Å². The van der Waals surface area contributed by atoms with Gasteiger partial charge in [0.15, 0.2) is 18.2 Å². The van der Waals surface area contributed by atoms with Crippen LogP contribution < -0.4 is 4.74 Å². The zero-order chi connectivity index (χ0) is 26.5. The van der Waals surface area contributed by atoms with Gasteiger partial charge in [0.05, 0.1) is 12.8 Å². The van der Waals surface area contributed by atoms with E-state index in [1.54, 1.807) is 67.8 Å². The monoisotopic (exact) mass is 523 g/mol. The molecular weight excluding hydrogens is 502 g/mol. The maximum absolute atomic E-state index is 12.8. The van der Waals surface area contributed by atoms with E-state index in [2.05, 4.69) is 10.1 Å². The summed E-state index contributed by atoms with van der Waals surface area (Å²) in [5.74, 6) is -0.205. The van der Waals surface area contributed by atoms with Gasteiger partial charge >= 0.3 is 5.97 Å². The molecule has 0 aliphatic rings. The molecule has 0 amide bonds. The predicted octanol–water partition coefficient (Wildman–Crippen LogP) is 6.30. The largest absolute Gasteiger partial charge is 0.497 e. The number of halogens is 1. The van der Waals surface area contributed by atoms with Crippen LogP contribution in [0.5, 0.6) is 5.75 Å². The van der Waals surface area contributed by atoms with Crippen LogP contribution >= 0.6 is 11.6 Å². The highest BCUT2D eigenvalue weighted by Crippen LogP contribution is 2.25. The van der Waals surface area contributed by atoms with E-state index in [-0.39, 0.29) is 11.6 Å². The number of ether oxygens (including phenoxy) is 2. The van der Waals surface area contributed by atoms with Gasteiger partial charge in [-0.3, -0.25) is 4.79 Å². The number of hydrogen-bond donors (Lipinski definition) is 0. The molecule has 1 heterocycles. The molecular formula is C30H22ClN3O4. The summed E-state index contributed by atoms with van der Waals surface area (Å²) < 4.78 is 12.0. The summed E-state index contributed by atoms with van der Waals surface area (Å²) in [7, 11) is 1.58. The number of Topliss-reactive ketones (excluding diaryl/α,β-unsaturated/α-hetero) is 1. The summed E-state index contributed by atoms with van der Waals surface area (Å²) in [6.45, 7) is -0.434. The summed E-state index contributed by atoms with van der Waals surface area (Å²) >= 11 is 6.04. The summed E-state index contributed by atoms with van der Waals surface area (Å²) in [4.78, 5) is 30.0. The maximum Gasteiger partial charge on any atom is 0.378 e. The maximum atomic E-state index is 12.8. The molecule has 0 aliphatic carbocycles. The fourth-order valence-electron chi connectivity index (χ4n) is 3.85. The molecule has 188 valence electrons. The van der Waals surface area contributed by atoms with Crippen molar-refractivity contribution in [1.29, 1.82) is 0 Å². The summed E-state index contributed by atoms with van der Waals surface area (Å²) in [5, 5.41) is 4.95. The third-order valence-corrected chi connectivity index (χ3v) is 6.11. The van der Waals surface area contributed by atoms with Crippen molar-refractivity contribution < 1.29 is 19.1 Å². The highest BCUT2D eigenvalue weighted by atomic mass is 35.5. The Kier molecular flexibility index (Phi) is 7.28. The average molecular weight is 524 g/mol. The third-order valence-electron chi connectivity index (χ3n) is 5.86. The van der Waals surface area contributed by atoms with E-state index in [0.29, 0.717) is 33.4 Å². The van der Waals surface area contributed by atoms with Gasteiger partial charge in [0.25, 0.3) is 5.82 Å². The van der Waals surface area contributed by atoms with Gasteiger partial charge < -0.3 is 9.47 Å². The van der Waals surface area contributed by atoms with Crippen molar-refractivity contribution in [3.8, 4) is 34.0 Å². The zero-order valence-corrected chi connectivity index (χ0v) is 21.1. The second kappa shape index (κ2) is 11.1. The normalized spacial score (nSPS) is 10.7. The minimum atomic E-state index is -0.804. The lowest BCUT2D eigenvalue weighted by atomic mass is 10.0. The smallest absolute Gasteiger partial charge is 0.378 e. The third kappa shape index (κ3) is 5.48. The zero-order valence-electron chi connectivity index (χ0n) is 20.4. The number of aromatic nitrogens is 3. The Hall–Kier alpha value is -4.75. The molecule has 0 saturated carbocycles. The van der Waals surface area contributed by atoms with Crippen LogP contribution in [0.15, 0.2) is 103 Å². The number of methoxy groups -OCH3 is 1. The Morgan fingerprint density at radius 1 is 0.789 bits per heavy atom. The van der Waals surface area contributed by atoms with E-state index >= 15 is 0 Å². The van der Waals surface area contributed by atoms with Crippen LogP contribution in [0, 0.1) is 0 Å². The number of ketones is 1. The number of nitrogens with zero attached hydrogens (tertiary/aromatic N) is 3. The van der Waals surface area contributed by atoms with Crippen LogP contribution in [-0.4, -0.2) is 40.2 Å². The highest BCUT2D eigenvalue weighted by Gasteiger charge is 2.21. The van der Waals surface area contributed by atoms with Crippen LogP contribution in [0.3, 0.4) is 0 Å². The molecule has 7 nitrogen and oxygen atoms in total. The van der Waals surface area contributed by atoms with Gasteiger partial charge in [-0.2, -0.15) is 0 Å². The van der Waals surface area contributed by atoms with E-state index in [0.717, 1.165) is 11.1 Å². The van der Waals surface area contributed by atoms with Crippen molar-refractivity contribution in [2.24, 2.45) is 0 Å². The molecule has 5 rings (SSSR count). The fourth-order valence-corrected chi connectivity index (χ4v) is 3.97. The van der Waals surface area contributed by atoms with Crippen molar-refractivity contribution in [3.05, 3.63) is 120 Å². The van der Waals surface area contributed by atoms with Crippen molar-refractivity contribution in [1.82, 2.24) is 14.8 Å². The summed E-state index contributed by atoms with van der Waals surface area (Å²) in [6, 6.07) is 31.2. The molecule has 0 fully saturated rings. The minimum absolute atomic E-state index is 0.169. The number of carbonyl (C=O) groups excluding carboxylic acids is 2. The molecule has 0 unspecified atom stereocenters. The molecule has 0 saturated heterocycles. The van der Waals surface area contributed by atoms with Crippen LogP contribution in [0.4, 0.5) is 0 Å². The lowest BCUT2D eigenvalue weighted by molar-refractivity contribution is 0.0462. The first-order valence-corrected chi connectivity index (χ1v) is 12.1. The fraction of sp³-hybridized carbons (Fsp3) is 0.0667. The number of rotatable bonds is 8. The van der Waals surface area contributed by atoms with Crippen molar-refractivity contribution in [3.63, 3.8) is 0 Å². The van der Waals surface area contributed by atoms with Gasteiger partial charge in [-0.15, -0.1) is 5.10 Å². The first kappa shape index (κ1) is 24.9. The van der Waals surface area contributed by atoms with Crippen LogP contribution in [-0.2, 0) is 4.74 Å². The average Bonchev–Trinajstić information content (AvgIpc) is 3.42. The van der Waals surface area contributed by atoms with Gasteiger partial charge in [0.2, 0.25) is 0 Å². The van der Waals surface area contributed by atoms with Crippen molar-refractivity contribution >= 4 is 23.4 Å². The molecule has 0 aliphatic heterocycles. The van der Waals surface area contributed by atoms with Gasteiger partial charge in [0.1, 0.15) is 5.75 Å². The highest BCUT2D eigenvalue weighted by molar-refractivity contribution is 6.30. The van der Waals surface area contributed by atoms with Crippen molar-refractivity contribution in [2.75, 3.05) is 13.7 Å². The molecule has 0 spiro atoms. The molecule has 0 atom stereocenters. The lowest BCUT2D eigenvalue weighted by Gasteiger charge is -2.07. The second-order valence-electron chi connectivity index (χ2n) is 8.32. The Labute approximate surface area is 224 Å². The molecule has 4 aromatic carbocycles. The number of esters is 1. The minimum Gasteiger partial charge on any atom is -0.497 e. The quantitative estimate of drug-likeness (QED) is 0.175. The van der Waals surface area contributed by atoms with E-state index < -0.39 is 12.6 Å². The van der Waals surface area contributed by atoms with E-state index in [9.17, 15) is 9.59 Å². The molecule has 5 aromatic rings. The van der Waals surface area contributed by atoms with Gasteiger partial charge in [-0.05, 0) is 59.7 Å². The Balaban J connectivity index is 1.34. The topological polar surface area (TPSA) is 83.3 Å². The number of benzene rings is 4. The van der Waals surface area contributed by atoms with Crippen LogP contribution in [0.2, 0.25) is 5.02 Å². The predicted molar refractivity (Wildman–Crippen MR) is 145 cm³/mol. The van der Waals surface area contributed by atoms with Crippen LogP contribution in [0.25, 0.3) is 28.2 Å². The van der Waals surface area contributed by atoms with Gasteiger partial charge in [-0.1, -0.05) is 66.2 Å². The number of hydrogen-bond acceptors (Lipinski definition) is 6. The molecule has 0 radical (unpaired) electrons. The van der Waals surface area contributed by atoms with Gasteiger partial charge in [-0.25, -0.2) is 14.5 Å². The Morgan fingerprint density at radius 3 is 2.08 bits per heavy atom. The molecule has 1 aromatic heterocycles. The lowest BCUT2D eigenvalue weighted by Crippen LogP contribution is -2.15. The first-order chi connectivity index (χ1) is 18.5. The molecule has 8 heteroatoms. The van der Waals surface area contributed by atoms with E-state index in [1.165, 1.54) is 4.68 Å². The molecule has 38 heavy (non-hydrogen) atoms. The summed E-state index contributed by atoms with van der Waals surface area (Å²) in [5.41, 5.74) is 3.84. The molecule has 0 N–H and O–H groups in total. The number of carbonyl (C=O) groups is 2. The van der Waals surface area contributed by atoms with Crippen LogP contribution in [0.1, 0.15) is 21.0 Å². The first-order valence-electron chi connectivity index (χ1n) is 11.7. The Bertz CT molecular complexity index is 1560.